The molecule has 0 spiro atoms. The van der Waals surface area contributed by atoms with Crippen LogP contribution in [0.4, 0.5) is 8.78 Å². The number of ether oxygens (including phenoxy) is 1. The van der Waals surface area contributed by atoms with Gasteiger partial charge in [0.05, 0.1) is 17.3 Å². The van der Waals surface area contributed by atoms with Crippen molar-refractivity contribution in [3.05, 3.63) is 16.4 Å². The van der Waals surface area contributed by atoms with Crippen LogP contribution in [-0.2, 0) is 11.3 Å². The van der Waals surface area contributed by atoms with Crippen molar-refractivity contribution in [3.63, 3.8) is 0 Å². The molecule has 0 aliphatic rings. The van der Waals surface area contributed by atoms with Gasteiger partial charge in [-0.05, 0) is 22.4 Å². The fourth-order valence-corrected chi connectivity index (χ4v) is 1.99. The Morgan fingerprint density at radius 1 is 1.61 bits per heavy atom. The quantitative estimate of drug-likeness (QED) is 0.545. The number of aromatic nitrogens is 2. The monoisotopic (exact) mass is 324 g/mol. The second kappa shape index (κ2) is 7.58. The van der Waals surface area contributed by atoms with Crippen molar-refractivity contribution < 1.29 is 18.3 Å². The predicted octanol–water partition coefficient (Wildman–Crippen LogP) is 2.91. The summed E-state index contributed by atoms with van der Waals surface area (Å²) in [5.74, 6) is -0.165. The molecule has 0 fully saturated rings. The van der Waals surface area contributed by atoms with Crippen molar-refractivity contribution in [3.8, 4) is 0 Å². The first-order chi connectivity index (χ1) is 8.56. The second-order valence-corrected chi connectivity index (χ2v) is 4.56. The van der Waals surface area contributed by atoms with Gasteiger partial charge in [-0.2, -0.15) is 5.10 Å². The maximum Gasteiger partial charge on any atom is 0.261 e. The average Bonchev–Trinajstić information content (AvgIpc) is 2.66. The zero-order chi connectivity index (χ0) is 13.5. The highest BCUT2D eigenvalue weighted by molar-refractivity contribution is 9.10. The number of hydrogen-bond donors (Lipinski definition) is 0. The standard InChI is InChI=1S/C11H15BrF2N2O2/c1-2-4-16-11(8(12)6-15-16)9(17)3-5-18-7-10(13)14/h6,10H,2-5,7H2,1H3. The van der Waals surface area contributed by atoms with Crippen molar-refractivity contribution in [1.82, 2.24) is 9.78 Å². The van der Waals surface area contributed by atoms with Crippen molar-refractivity contribution in [1.29, 1.82) is 0 Å². The summed E-state index contributed by atoms with van der Waals surface area (Å²) in [6.07, 6.45) is -0.0163. The Morgan fingerprint density at radius 3 is 2.94 bits per heavy atom. The van der Waals surface area contributed by atoms with E-state index in [1.165, 1.54) is 0 Å². The Balaban J connectivity index is 2.53. The summed E-state index contributed by atoms with van der Waals surface area (Å²) < 4.78 is 30.6. The summed E-state index contributed by atoms with van der Waals surface area (Å²) in [6.45, 7) is 1.98. The van der Waals surface area contributed by atoms with E-state index in [1.54, 1.807) is 10.9 Å². The lowest BCUT2D eigenvalue weighted by molar-refractivity contribution is 0.0169. The van der Waals surface area contributed by atoms with Gasteiger partial charge in [0, 0.05) is 13.0 Å². The normalized spacial score (nSPS) is 11.2. The van der Waals surface area contributed by atoms with Crippen LogP contribution in [0.5, 0.6) is 0 Å². The van der Waals surface area contributed by atoms with Gasteiger partial charge in [0.2, 0.25) is 0 Å². The second-order valence-electron chi connectivity index (χ2n) is 3.70. The Kier molecular flexibility index (Phi) is 6.42. The molecule has 18 heavy (non-hydrogen) atoms. The molecule has 0 aliphatic heterocycles. The van der Waals surface area contributed by atoms with Gasteiger partial charge in [0.15, 0.2) is 5.78 Å². The molecule has 0 saturated heterocycles. The lowest BCUT2D eigenvalue weighted by Crippen LogP contribution is -2.14. The first-order valence-electron chi connectivity index (χ1n) is 5.66. The third-order valence-corrected chi connectivity index (χ3v) is 2.79. The summed E-state index contributed by atoms with van der Waals surface area (Å²) >= 11 is 3.25. The van der Waals surface area contributed by atoms with Crippen LogP contribution in [0.2, 0.25) is 0 Å². The highest BCUT2D eigenvalue weighted by Crippen LogP contribution is 2.18. The van der Waals surface area contributed by atoms with Gasteiger partial charge in [0.1, 0.15) is 12.3 Å². The third kappa shape index (κ3) is 4.45. The van der Waals surface area contributed by atoms with E-state index in [0.717, 1.165) is 6.42 Å². The number of carbonyl (C=O) groups excluding carboxylic acids is 1. The summed E-state index contributed by atoms with van der Waals surface area (Å²) in [6, 6.07) is 0. The van der Waals surface area contributed by atoms with Crippen LogP contribution < -0.4 is 0 Å². The molecule has 4 nitrogen and oxygen atoms in total. The summed E-state index contributed by atoms with van der Waals surface area (Å²) in [4.78, 5) is 11.9. The van der Waals surface area contributed by atoms with E-state index in [1.807, 2.05) is 6.92 Å². The zero-order valence-corrected chi connectivity index (χ0v) is 11.6. The maximum absolute atomic E-state index is 11.9. The van der Waals surface area contributed by atoms with E-state index in [0.29, 0.717) is 16.7 Å². The number of nitrogens with zero attached hydrogens (tertiary/aromatic N) is 2. The van der Waals surface area contributed by atoms with Crippen LogP contribution in [0.3, 0.4) is 0 Å². The number of ketones is 1. The van der Waals surface area contributed by atoms with Crippen molar-refractivity contribution in [2.24, 2.45) is 0 Å². The number of halogens is 3. The lowest BCUT2D eigenvalue weighted by atomic mass is 10.2. The van der Waals surface area contributed by atoms with E-state index in [9.17, 15) is 13.6 Å². The minimum Gasteiger partial charge on any atom is -0.375 e. The minimum atomic E-state index is -2.50. The summed E-state index contributed by atoms with van der Waals surface area (Å²) in [5.41, 5.74) is 0.470. The molecule has 0 unspecified atom stereocenters. The van der Waals surface area contributed by atoms with Gasteiger partial charge in [0.25, 0.3) is 6.43 Å². The van der Waals surface area contributed by atoms with Crippen LogP contribution in [0.1, 0.15) is 30.3 Å². The minimum absolute atomic E-state index is 0.00703. The van der Waals surface area contributed by atoms with Crippen LogP contribution in [0.25, 0.3) is 0 Å². The first kappa shape index (κ1) is 15.2. The van der Waals surface area contributed by atoms with E-state index < -0.39 is 13.0 Å². The molecule has 0 bridgehead atoms. The Hall–Kier alpha value is -0.820. The Labute approximate surface area is 112 Å². The molecule has 1 heterocycles. The largest absolute Gasteiger partial charge is 0.375 e. The summed E-state index contributed by atoms with van der Waals surface area (Å²) in [5, 5.41) is 4.07. The lowest BCUT2D eigenvalue weighted by Gasteiger charge is -2.06. The van der Waals surface area contributed by atoms with Crippen molar-refractivity contribution in [2.45, 2.75) is 32.7 Å². The maximum atomic E-state index is 11.9. The van der Waals surface area contributed by atoms with Crippen LogP contribution in [-0.4, -0.2) is 35.2 Å². The molecule has 1 rings (SSSR count). The van der Waals surface area contributed by atoms with Gasteiger partial charge in [-0.3, -0.25) is 9.48 Å². The van der Waals surface area contributed by atoms with Gasteiger partial charge >= 0.3 is 0 Å². The molecule has 1 aromatic rings. The molecular weight excluding hydrogens is 310 g/mol. The Morgan fingerprint density at radius 2 is 2.33 bits per heavy atom. The fourth-order valence-electron chi connectivity index (χ4n) is 1.48. The number of carbonyl (C=O) groups is 1. The van der Waals surface area contributed by atoms with Crippen molar-refractivity contribution in [2.75, 3.05) is 13.2 Å². The van der Waals surface area contributed by atoms with E-state index in [2.05, 4.69) is 25.8 Å². The molecule has 0 atom stereocenters. The highest BCUT2D eigenvalue weighted by Gasteiger charge is 2.16. The first-order valence-corrected chi connectivity index (χ1v) is 6.46. The van der Waals surface area contributed by atoms with Crippen LogP contribution in [0, 0.1) is 0 Å². The average molecular weight is 325 g/mol. The van der Waals surface area contributed by atoms with Gasteiger partial charge in [-0.15, -0.1) is 0 Å². The molecule has 0 N–H and O–H groups in total. The molecule has 102 valence electrons. The van der Waals surface area contributed by atoms with Gasteiger partial charge in [-0.25, -0.2) is 8.78 Å². The zero-order valence-electron chi connectivity index (χ0n) is 10.0. The topological polar surface area (TPSA) is 44.1 Å². The van der Waals surface area contributed by atoms with E-state index >= 15 is 0 Å². The molecule has 0 radical (unpaired) electrons. The summed E-state index contributed by atoms with van der Waals surface area (Å²) in [7, 11) is 0. The molecule has 0 amide bonds. The SMILES string of the molecule is CCCn1ncc(Br)c1C(=O)CCOCC(F)F. The van der Waals surface area contributed by atoms with Gasteiger partial charge in [-0.1, -0.05) is 6.92 Å². The number of Topliss-reactive ketones (excluding diaryl/α,β-unsaturated/α-hetero) is 1. The highest BCUT2D eigenvalue weighted by atomic mass is 79.9. The third-order valence-electron chi connectivity index (χ3n) is 2.21. The molecule has 0 saturated carbocycles. The number of hydrogen-bond acceptors (Lipinski definition) is 3. The Bertz CT molecular complexity index is 396. The van der Waals surface area contributed by atoms with E-state index in [4.69, 9.17) is 0 Å². The molecular formula is C11H15BrF2N2O2. The molecule has 0 aliphatic carbocycles. The predicted molar refractivity (Wildman–Crippen MR) is 66.0 cm³/mol. The fraction of sp³-hybridized carbons (Fsp3) is 0.636. The van der Waals surface area contributed by atoms with Crippen LogP contribution in [0.15, 0.2) is 10.7 Å². The molecule has 7 heteroatoms. The molecule has 1 aromatic heterocycles. The van der Waals surface area contributed by atoms with Crippen molar-refractivity contribution >= 4 is 21.7 Å². The molecule has 0 aromatic carbocycles. The van der Waals surface area contributed by atoms with E-state index in [-0.39, 0.29) is 18.8 Å². The number of aryl methyl sites for hydroxylation is 1. The smallest absolute Gasteiger partial charge is 0.261 e. The van der Waals surface area contributed by atoms with Crippen LogP contribution >= 0.6 is 15.9 Å². The number of rotatable bonds is 8. The van der Waals surface area contributed by atoms with Gasteiger partial charge < -0.3 is 4.74 Å². The number of alkyl halides is 2.